The maximum Gasteiger partial charge on any atom is 0.416 e. The zero-order valence-corrected chi connectivity index (χ0v) is 19.4. The zero-order valence-electron chi connectivity index (χ0n) is 18.6. The summed E-state index contributed by atoms with van der Waals surface area (Å²) in [5.41, 5.74) is 1.02. The molecule has 186 valence electrons. The summed E-state index contributed by atoms with van der Waals surface area (Å²) in [5, 5.41) is 2.81. The molecule has 1 spiro atoms. The molecule has 0 radical (unpaired) electrons. The van der Waals surface area contributed by atoms with E-state index in [0.29, 0.717) is 60.6 Å². The number of alkyl halides is 3. The minimum absolute atomic E-state index is 0.0924. The van der Waals surface area contributed by atoms with E-state index in [0.717, 1.165) is 12.1 Å². The number of carbonyl (C=O) groups excluding carboxylic acids is 1. The quantitative estimate of drug-likeness (QED) is 0.588. The Hall–Kier alpha value is -3.05. The molecule has 0 saturated carbocycles. The van der Waals surface area contributed by atoms with Gasteiger partial charge >= 0.3 is 6.18 Å². The van der Waals surface area contributed by atoms with Crippen molar-refractivity contribution in [2.75, 3.05) is 29.0 Å². The number of hydrogen-bond donors (Lipinski definition) is 2. The van der Waals surface area contributed by atoms with Crippen LogP contribution in [0.15, 0.2) is 42.5 Å². The van der Waals surface area contributed by atoms with Crippen molar-refractivity contribution in [2.24, 2.45) is 0 Å². The van der Waals surface area contributed by atoms with Crippen molar-refractivity contribution in [3.63, 3.8) is 0 Å². The van der Waals surface area contributed by atoms with Gasteiger partial charge in [0.1, 0.15) is 11.4 Å². The third kappa shape index (κ3) is 4.87. The minimum Gasteiger partial charge on any atom is -0.486 e. The van der Waals surface area contributed by atoms with E-state index < -0.39 is 33.3 Å². The van der Waals surface area contributed by atoms with Gasteiger partial charge in [-0.25, -0.2) is 8.42 Å². The first-order valence-electron chi connectivity index (χ1n) is 11.2. The van der Waals surface area contributed by atoms with Crippen molar-refractivity contribution in [3.8, 4) is 5.75 Å². The van der Waals surface area contributed by atoms with E-state index in [1.807, 2.05) is 0 Å². The van der Waals surface area contributed by atoms with Gasteiger partial charge in [0.25, 0.3) is 0 Å². The second kappa shape index (κ2) is 8.56. The molecule has 11 heteroatoms. The van der Waals surface area contributed by atoms with Gasteiger partial charge in [0.15, 0.2) is 0 Å². The summed E-state index contributed by atoms with van der Waals surface area (Å²) in [6.45, 7) is 0.833. The Kier molecular flexibility index (Phi) is 5.79. The van der Waals surface area contributed by atoms with Gasteiger partial charge < -0.3 is 14.8 Å². The van der Waals surface area contributed by atoms with Crippen LogP contribution in [-0.2, 0) is 32.2 Å². The number of hydrogen-bond acceptors (Lipinski definition) is 5. The van der Waals surface area contributed by atoms with E-state index in [-0.39, 0.29) is 17.9 Å². The molecule has 7 nitrogen and oxygen atoms in total. The van der Waals surface area contributed by atoms with Gasteiger partial charge in [-0.3, -0.25) is 9.52 Å². The fourth-order valence-electron chi connectivity index (χ4n) is 4.76. The van der Waals surface area contributed by atoms with Crippen molar-refractivity contribution in [2.45, 2.75) is 37.5 Å². The molecule has 2 aromatic rings. The number of carbonyl (C=O) groups is 1. The molecule has 1 saturated heterocycles. The fraction of sp³-hybridized carbons (Fsp3) is 0.375. The molecule has 5 rings (SSSR count). The van der Waals surface area contributed by atoms with E-state index in [9.17, 15) is 26.4 Å². The van der Waals surface area contributed by atoms with E-state index in [4.69, 9.17) is 9.47 Å². The standard InChI is InChI=1S/C24H23F3N2O5S/c25-24(26,27)16-4-5-17-15(14-23(34-21(17)13-16)7-9-33-10-8-23)12-22(30)28-19-2-1-3-20-18(19)6-11-35(31,32)29-20/h1-5,12-13,29H,6-11,14H2,(H,28,30). The molecule has 0 unspecified atom stereocenters. The topological polar surface area (TPSA) is 93.7 Å². The molecule has 2 aromatic carbocycles. The number of benzene rings is 2. The molecule has 1 fully saturated rings. The number of anilines is 2. The largest absolute Gasteiger partial charge is 0.486 e. The predicted octanol–water partition coefficient (Wildman–Crippen LogP) is 4.36. The Balaban J connectivity index is 1.47. The van der Waals surface area contributed by atoms with Gasteiger partial charge in [0.05, 0.1) is 30.2 Å². The molecule has 35 heavy (non-hydrogen) atoms. The Labute approximate surface area is 200 Å². The number of ether oxygens (including phenoxy) is 2. The molecule has 0 aromatic heterocycles. The van der Waals surface area contributed by atoms with E-state index in [1.54, 1.807) is 18.2 Å². The number of amides is 1. The molecule has 2 N–H and O–H groups in total. The van der Waals surface area contributed by atoms with Gasteiger partial charge in [0.2, 0.25) is 15.9 Å². The fourth-order valence-corrected chi connectivity index (χ4v) is 5.86. The Morgan fingerprint density at radius 3 is 2.66 bits per heavy atom. The van der Waals surface area contributed by atoms with Crippen LogP contribution in [0.3, 0.4) is 0 Å². The predicted molar refractivity (Wildman–Crippen MR) is 124 cm³/mol. The average Bonchev–Trinajstić information content (AvgIpc) is 2.78. The average molecular weight is 509 g/mol. The van der Waals surface area contributed by atoms with E-state index in [1.165, 1.54) is 12.1 Å². The summed E-state index contributed by atoms with van der Waals surface area (Å²) in [5.74, 6) is -0.458. The van der Waals surface area contributed by atoms with Crippen molar-refractivity contribution >= 4 is 32.9 Å². The molecule has 0 bridgehead atoms. The van der Waals surface area contributed by atoms with Crippen LogP contribution in [-0.4, -0.2) is 38.9 Å². The van der Waals surface area contributed by atoms with Crippen LogP contribution in [0, 0.1) is 0 Å². The molecule has 0 atom stereocenters. The van der Waals surface area contributed by atoms with Gasteiger partial charge in [-0.15, -0.1) is 0 Å². The van der Waals surface area contributed by atoms with Crippen LogP contribution < -0.4 is 14.8 Å². The molecule has 1 amide bonds. The summed E-state index contributed by atoms with van der Waals surface area (Å²) >= 11 is 0. The second-order valence-electron chi connectivity index (χ2n) is 8.94. The van der Waals surface area contributed by atoms with Crippen LogP contribution >= 0.6 is 0 Å². The number of sulfonamides is 1. The smallest absolute Gasteiger partial charge is 0.416 e. The highest BCUT2D eigenvalue weighted by atomic mass is 32.2. The number of fused-ring (bicyclic) bond motifs is 2. The van der Waals surface area contributed by atoms with Crippen LogP contribution in [0.2, 0.25) is 0 Å². The molecular weight excluding hydrogens is 485 g/mol. The van der Waals surface area contributed by atoms with Crippen LogP contribution in [0.25, 0.3) is 5.57 Å². The van der Waals surface area contributed by atoms with Crippen molar-refractivity contribution in [1.82, 2.24) is 0 Å². The van der Waals surface area contributed by atoms with Crippen LogP contribution in [0.4, 0.5) is 24.5 Å². The lowest BCUT2D eigenvalue weighted by atomic mass is 9.81. The summed E-state index contributed by atoms with van der Waals surface area (Å²) in [6.07, 6.45) is -1.54. The normalized spacial score (nSPS) is 21.4. The Morgan fingerprint density at radius 2 is 1.91 bits per heavy atom. The number of halogens is 3. The number of nitrogens with one attached hydrogen (secondary N) is 2. The SMILES string of the molecule is O=C(C=C1CC2(CCOCC2)Oc2cc(C(F)(F)F)ccc21)Nc1cccc2c1CCS(=O)(=O)N2. The van der Waals surface area contributed by atoms with Crippen LogP contribution in [0.1, 0.15) is 36.0 Å². The molecule has 3 aliphatic heterocycles. The lowest BCUT2D eigenvalue weighted by molar-refractivity contribution is -0.138. The second-order valence-corrected chi connectivity index (χ2v) is 10.8. The van der Waals surface area contributed by atoms with E-state index >= 15 is 0 Å². The summed E-state index contributed by atoms with van der Waals surface area (Å²) in [4.78, 5) is 13.0. The lowest BCUT2D eigenvalue weighted by Gasteiger charge is -2.42. The molecule has 3 aliphatic rings. The minimum atomic E-state index is -4.52. The first-order valence-corrected chi connectivity index (χ1v) is 12.8. The highest BCUT2D eigenvalue weighted by Crippen LogP contribution is 2.46. The number of rotatable bonds is 2. The molecule has 3 heterocycles. The van der Waals surface area contributed by atoms with Gasteiger partial charge in [0, 0.05) is 42.2 Å². The van der Waals surface area contributed by atoms with Crippen molar-refractivity contribution in [1.29, 1.82) is 0 Å². The Morgan fingerprint density at radius 1 is 1.14 bits per heavy atom. The molecular formula is C24H23F3N2O5S. The molecule has 0 aliphatic carbocycles. The highest BCUT2D eigenvalue weighted by molar-refractivity contribution is 7.92. The third-order valence-corrected chi connectivity index (χ3v) is 7.80. The maximum absolute atomic E-state index is 13.3. The van der Waals surface area contributed by atoms with Crippen molar-refractivity contribution < 1.29 is 35.9 Å². The zero-order chi connectivity index (χ0) is 24.8. The maximum atomic E-state index is 13.3. The first kappa shape index (κ1) is 23.7. The summed E-state index contributed by atoms with van der Waals surface area (Å²) < 4.78 is 77.7. The van der Waals surface area contributed by atoms with Gasteiger partial charge in [-0.2, -0.15) is 13.2 Å². The first-order chi connectivity index (χ1) is 16.5. The van der Waals surface area contributed by atoms with Gasteiger partial charge in [-0.05, 0) is 36.3 Å². The van der Waals surface area contributed by atoms with E-state index in [2.05, 4.69) is 10.0 Å². The van der Waals surface area contributed by atoms with Crippen LogP contribution in [0.5, 0.6) is 5.75 Å². The summed E-state index contributed by atoms with van der Waals surface area (Å²) in [7, 11) is -3.41. The summed E-state index contributed by atoms with van der Waals surface area (Å²) in [6, 6.07) is 8.24. The van der Waals surface area contributed by atoms with Crippen molar-refractivity contribution in [3.05, 3.63) is 59.2 Å². The lowest BCUT2D eigenvalue weighted by Crippen LogP contribution is -2.44. The highest BCUT2D eigenvalue weighted by Gasteiger charge is 2.41. The monoisotopic (exact) mass is 508 g/mol. The van der Waals surface area contributed by atoms with Gasteiger partial charge in [-0.1, -0.05) is 12.1 Å². The third-order valence-electron chi connectivity index (χ3n) is 6.52. The Bertz CT molecular complexity index is 1310.